The monoisotopic (exact) mass is 249 g/mol. The van der Waals surface area contributed by atoms with E-state index in [1.807, 2.05) is 37.3 Å². The van der Waals surface area contributed by atoms with Crippen molar-refractivity contribution < 1.29 is 14.7 Å². The highest BCUT2D eigenvalue weighted by Gasteiger charge is 2.18. The second-order valence-corrected chi connectivity index (χ2v) is 4.39. The fraction of sp³-hybridized carbons (Fsp3) is 0.429. The average molecular weight is 249 g/mol. The van der Waals surface area contributed by atoms with Crippen LogP contribution in [0.5, 0.6) is 0 Å². The van der Waals surface area contributed by atoms with E-state index < -0.39 is 5.97 Å². The summed E-state index contributed by atoms with van der Waals surface area (Å²) < 4.78 is 0. The van der Waals surface area contributed by atoms with Crippen molar-refractivity contribution in [3.05, 3.63) is 35.9 Å². The summed E-state index contributed by atoms with van der Waals surface area (Å²) in [4.78, 5) is 24.1. The van der Waals surface area contributed by atoms with Crippen LogP contribution in [-0.2, 0) is 9.59 Å². The lowest BCUT2D eigenvalue weighted by molar-refractivity contribution is -0.138. The summed E-state index contributed by atoms with van der Waals surface area (Å²) in [6.07, 6.45) is 0.580. The highest BCUT2D eigenvalue weighted by Crippen LogP contribution is 2.17. The molecule has 0 unspecified atom stereocenters. The van der Waals surface area contributed by atoms with Gasteiger partial charge in [0.1, 0.15) is 0 Å². The van der Waals surface area contributed by atoms with E-state index >= 15 is 0 Å². The van der Waals surface area contributed by atoms with E-state index in [-0.39, 0.29) is 18.2 Å². The topological polar surface area (TPSA) is 57.6 Å². The van der Waals surface area contributed by atoms with Crippen LogP contribution < -0.4 is 0 Å². The second kappa shape index (κ2) is 6.79. The molecule has 98 valence electrons. The van der Waals surface area contributed by atoms with Gasteiger partial charge < -0.3 is 10.0 Å². The Morgan fingerprint density at radius 3 is 2.44 bits per heavy atom. The number of carbonyl (C=O) groups excluding carboxylic acids is 1. The van der Waals surface area contributed by atoms with Crippen LogP contribution in [0.2, 0.25) is 0 Å². The molecular weight excluding hydrogens is 230 g/mol. The maximum absolute atomic E-state index is 12.1. The predicted molar refractivity (Wildman–Crippen MR) is 69.4 cm³/mol. The number of hydrogen-bond acceptors (Lipinski definition) is 2. The molecule has 0 spiro atoms. The fourth-order valence-corrected chi connectivity index (χ4v) is 1.79. The molecule has 0 aromatic heterocycles. The van der Waals surface area contributed by atoms with E-state index in [0.29, 0.717) is 13.0 Å². The minimum absolute atomic E-state index is 0.0200. The van der Waals surface area contributed by atoms with Gasteiger partial charge in [-0.3, -0.25) is 9.59 Å². The number of carboxylic acid groups (broad SMARTS) is 1. The van der Waals surface area contributed by atoms with Crippen molar-refractivity contribution >= 4 is 11.9 Å². The number of carbonyl (C=O) groups is 2. The van der Waals surface area contributed by atoms with Gasteiger partial charge in [0.2, 0.25) is 5.91 Å². The Morgan fingerprint density at radius 1 is 1.28 bits per heavy atom. The molecule has 0 heterocycles. The fourth-order valence-electron chi connectivity index (χ4n) is 1.79. The lowest BCUT2D eigenvalue weighted by Crippen LogP contribution is -2.31. The van der Waals surface area contributed by atoms with Gasteiger partial charge in [-0.2, -0.15) is 0 Å². The van der Waals surface area contributed by atoms with Crippen molar-refractivity contribution in [2.45, 2.75) is 25.7 Å². The van der Waals surface area contributed by atoms with Crippen LogP contribution in [0.25, 0.3) is 0 Å². The number of amides is 1. The van der Waals surface area contributed by atoms with E-state index in [1.54, 1.807) is 11.9 Å². The van der Waals surface area contributed by atoms with E-state index in [2.05, 4.69) is 0 Å². The molecule has 0 fully saturated rings. The maximum atomic E-state index is 12.1. The predicted octanol–water partition coefficient (Wildman–Crippen LogP) is 2.11. The zero-order valence-electron chi connectivity index (χ0n) is 10.8. The van der Waals surface area contributed by atoms with Gasteiger partial charge in [0.25, 0.3) is 0 Å². The lowest BCUT2D eigenvalue weighted by Gasteiger charge is -2.21. The van der Waals surface area contributed by atoms with Crippen LogP contribution in [0, 0.1) is 0 Å². The van der Waals surface area contributed by atoms with Crippen LogP contribution in [0.15, 0.2) is 30.3 Å². The second-order valence-electron chi connectivity index (χ2n) is 4.39. The van der Waals surface area contributed by atoms with Gasteiger partial charge in [-0.15, -0.1) is 0 Å². The number of nitrogens with zero attached hydrogens (tertiary/aromatic N) is 1. The Hall–Kier alpha value is -1.84. The molecule has 4 heteroatoms. The number of benzene rings is 1. The molecule has 0 saturated heterocycles. The summed E-state index contributed by atoms with van der Waals surface area (Å²) in [5.41, 5.74) is 0.979. The Kier molecular flexibility index (Phi) is 5.36. The minimum atomic E-state index is -0.827. The van der Waals surface area contributed by atoms with Gasteiger partial charge >= 0.3 is 5.97 Å². The molecule has 4 nitrogen and oxygen atoms in total. The van der Waals surface area contributed by atoms with E-state index in [9.17, 15) is 9.59 Å². The van der Waals surface area contributed by atoms with Crippen molar-refractivity contribution in [1.29, 1.82) is 0 Å². The first-order chi connectivity index (χ1) is 8.52. The maximum Gasteiger partial charge on any atom is 0.303 e. The largest absolute Gasteiger partial charge is 0.481 e. The molecule has 0 bridgehead atoms. The molecule has 0 aliphatic heterocycles. The summed E-state index contributed by atoms with van der Waals surface area (Å²) in [5, 5.41) is 8.55. The number of carboxylic acids is 1. The molecule has 1 amide bonds. The van der Waals surface area contributed by atoms with Crippen LogP contribution in [0.4, 0.5) is 0 Å². The molecule has 0 radical (unpaired) electrons. The number of hydrogen-bond donors (Lipinski definition) is 1. The summed E-state index contributed by atoms with van der Waals surface area (Å²) in [7, 11) is 1.71. The minimum Gasteiger partial charge on any atom is -0.481 e. The van der Waals surface area contributed by atoms with Crippen LogP contribution in [0.3, 0.4) is 0 Å². The molecule has 1 rings (SSSR count). The third kappa shape index (κ3) is 4.20. The third-order valence-corrected chi connectivity index (χ3v) is 2.93. The van der Waals surface area contributed by atoms with E-state index in [4.69, 9.17) is 5.11 Å². The van der Waals surface area contributed by atoms with Crippen molar-refractivity contribution in [2.75, 3.05) is 13.6 Å². The standard InChI is InChI=1S/C14H19NO3/c1-11(12-7-4-3-5-8-12)14(18)15(2)10-6-9-13(16)17/h3-5,7-8,11H,6,9-10H2,1-2H3,(H,16,17)/t11-/m1/s1. The zero-order chi connectivity index (χ0) is 13.5. The molecule has 1 atom stereocenters. The van der Waals surface area contributed by atoms with Gasteiger partial charge in [0.05, 0.1) is 5.92 Å². The van der Waals surface area contributed by atoms with E-state index in [0.717, 1.165) is 5.56 Å². The molecule has 1 N–H and O–H groups in total. The summed E-state index contributed by atoms with van der Waals surface area (Å²) in [6, 6.07) is 9.58. The first-order valence-corrected chi connectivity index (χ1v) is 6.04. The van der Waals surface area contributed by atoms with Crippen molar-refractivity contribution in [2.24, 2.45) is 0 Å². The van der Waals surface area contributed by atoms with Gasteiger partial charge in [-0.05, 0) is 18.9 Å². The molecule has 0 saturated carbocycles. The van der Waals surface area contributed by atoms with Crippen molar-refractivity contribution in [1.82, 2.24) is 4.90 Å². The molecule has 1 aromatic carbocycles. The SMILES string of the molecule is C[C@@H](C(=O)N(C)CCCC(=O)O)c1ccccc1. The Labute approximate surface area is 107 Å². The molecule has 18 heavy (non-hydrogen) atoms. The van der Waals surface area contributed by atoms with E-state index in [1.165, 1.54) is 0 Å². The van der Waals surface area contributed by atoms with Crippen molar-refractivity contribution in [3.8, 4) is 0 Å². The summed E-state index contributed by atoms with van der Waals surface area (Å²) >= 11 is 0. The molecule has 0 aliphatic carbocycles. The number of rotatable bonds is 6. The first-order valence-electron chi connectivity index (χ1n) is 6.04. The smallest absolute Gasteiger partial charge is 0.303 e. The third-order valence-electron chi connectivity index (χ3n) is 2.93. The van der Waals surface area contributed by atoms with Gasteiger partial charge in [-0.25, -0.2) is 0 Å². The Bertz CT molecular complexity index is 403. The summed E-state index contributed by atoms with van der Waals surface area (Å²) in [6.45, 7) is 2.34. The van der Waals surface area contributed by atoms with Gasteiger partial charge in [0.15, 0.2) is 0 Å². The van der Waals surface area contributed by atoms with Gasteiger partial charge in [0, 0.05) is 20.0 Å². The van der Waals surface area contributed by atoms with Crippen LogP contribution in [-0.4, -0.2) is 35.5 Å². The number of likely N-dealkylation sites (N-methyl/N-ethyl adjacent to an activating group) is 1. The lowest BCUT2D eigenvalue weighted by atomic mass is 10.00. The van der Waals surface area contributed by atoms with Crippen molar-refractivity contribution in [3.63, 3.8) is 0 Å². The van der Waals surface area contributed by atoms with Crippen LogP contribution >= 0.6 is 0 Å². The van der Waals surface area contributed by atoms with Gasteiger partial charge in [-0.1, -0.05) is 30.3 Å². The quantitative estimate of drug-likeness (QED) is 0.840. The first kappa shape index (κ1) is 14.2. The Balaban J connectivity index is 2.50. The highest BCUT2D eigenvalue weighted by atomic mass is 16.4. The zero-order valence-corrected chi connectivity index (χ0v) is 10.8. The van der Waals surface area contributed by atoms with Crippen LogP contribution in [0.1, 0.15) is 31.2 Å². The molecular formula is C14H19NO3. The molecule has 1 aromatic rings. The average Bonchev–Trinajstić information content (AvgIpc) is 2.37. The normalized spacial score (nSPS) is 11.9. The Morgan fingerprint density at radius 2 is 1.89 bits per heavy atom. The summed E-state index contributed by atoms with van der Waals surface area (Å²) in [5.74, 6) is -1.00. The highest BCUT2D eigenvalue weighted by molar-refractivity contribution is 5.83. The molecule has 0 aliphatic rings. The number of aliphatic carboxylic acids is 1.